The minimum atomic E-state index is -2.05. The van der Waals surface area contributed by atoms with Crippen molar-refractivity contribution >= 4 is 14.6 Å². The molecule has 2 unspecified atom stereocenters. The zero-order chi connectivity index (χ0) is 22.1. The van der Waals surface area contributed by atoms with Crippen LogP contribution in [-0.4, -0.2) is 79.0 Å². The van der Waals surface area contributed by atoms with Crippen molar-refractivity contribution in [2.24, 2.45) is 0 Å². The molecule has 0 amide bonds. The third-order valence-electron chi connectivity index (χ3n) is 4.50. The van der Waals surface area contributed by atoms with Gasteiger partial charge in [0.15, 0.2) is 0 Å². The van der Waals surface area contributed by atoms with E-state index in [2.05, 4.69) is 13.8 Å². The number of hydrogen-bond acceptors (Lipinski definition) is 6. The molecule has 182 valence electrons. The summed E-state index contributed by atoms with van der Waals surface area (Å²) in [6.07, 6.45) is 9.86. The lowest BCUT2D eigenvalue weighted by Gasteiger charge is -2.29. The number of carboxylic acid groups (broad SMARTS) is 1. The van der Waals surface area contributed by atoms with Crippen LogP contribution < -0.4 is 0 Å². The quantitative estimate of drug-likeness (QED) is 0.157. The van der Waals surface area contributed by atoms with E-state index in [1.165, 1.54) is 25.7 Å². The molecule has 9 heteroatoms. The van der Waals surface area contributed by atoms with E-state index >= 15 is 0 Å². The summed E-state index contributed by atoms with van der Waals surface area (Å²) >= 11 is 0. The molecule has 0 aliphatic rings. The molecule has 0 aliphatic heterocycles. The molecule has 0 spiro atoms. The van der Waals surface area contributed by atoms with Gasteiger partial charge in [-0.05, 0) is 26.2 Å². The van der Waals surface area contributed by atoms with Crippen molar-refractivity contribution in [2.75, 3.05) is 40.9 Å². The van der Waals surface area contributed by atoms with Crippen LogP contribution in [0.4, 0.5) is 0 Å². The molecule has 0 rings (SSSR count). The fourth-order valence-electron chi connectivity index (χ4n) is 3.03. The Labute approximate surface area is 184 Å². The molecule has 0 saturated heterocycles. The Morgan fingerprint density at radius 2 is 1.60 bits per heavy atom. The largest absolute Gasteiger partial charge is 0.870 e. The number of quaternary nitrogens is 1. The highest BCUT2D eigenvalue weighted by Crippen LogP contribution is 2.36. The Bertz CT molecular complexity index is 407. The maximum absolute atomic E-state index is 11.0. The molecule has 0 fully saturated rings. The highest BCUT2D eigenvalue weighted by molar-refractivity contribution is 7.40. The van der Waals surface area contributed by atoms with Crippen LogP contribution in [0.2, 0.25) is 0 Å². The van der Waals surface area contributed by atoms with Crippen LogP contribution in [0.1, 0.15) is 78.1 Å². The van der Waals surface area contributed by atoms with E-state index in [1.807, 2.05) is 21.1 Å². The van der Waals surface area contributed by atoms with Crippen LogP contribution in [0.3, 0.4) is 0 Å². The van der Waals surface area contributed by atoms with Gasteiger partial charge in [0.1, 0.15) is 12.6 Å². The predicted octanol–water partition coefficient (Wildman–Crippen LogP) is 4.55. The van der Waals surface area contributed by atoms with Gasteiger partial charge in [-0.25, -0.2) is 0 Å². The van der Waals surface area contributed by atoms with E-state index in [9.17, 15) is 9.69 Å². The number of likely N-dealkylation sites (N-methyl/N-ethyl adjacent to an activating group) is 1. The Hall–Kier alpha value is -0.340. The van der Waals surface area contributed by atoms with Gasteiger partial charge in [-0.1, -0.05) is 45.4 Å². The van der Waals surface area contributed by atoms with E-state index in [-0.39, 0.29) is 11.9 Å². The summed E-state index contributed by atoms with van der Waals surface area (Å²) in [5.74, 6) is -0.940. The number of carbonyl (C=O) groups is 1. The van der Waals surface area contributed by atoms with Crippen LogP contribution in [0, 0.1) is 0 Å². The monoisotopic (exact) mass is 455 g/mol. The summed E-state index contributed by atoms with van der Waals surface area (Å²) in [4.78, 5) is 20.9. The molecule has 0 aromatic heterocycles. The normalized spacial score (nSPS) is 14.7. The topological polar surface area (TPSA) is 115 Å². The molecule has 0 aliphatic carbocycles. The van der Waals surface area contributed by atoms with Crippen molar-refractivity contribution in [1.82, 2.24) is 0 Å². The maximum atomic E-state index is 11.0. The molecule has 0 saturated carbocycles. The highest BCUT2D eigenvalue weighted by atomic mass is 31.2. The average Bonchev–Trinajstić information content (AvgIpc) is 2.58. The highest BCUT2D eigenvalue weighted by Gasteiger charge is 2.25. The van der Waals surface area contributed by atoms with Gasteiger partial charge in [-0.2, -0.15) is 0 Å². The summed E-state index contributed by atoms with van der Waals surface area (Å²) in [6, 6.07) is 0. The van der Waals surface area contributed by atoms with Crippen molar-refractivity contribution < 1.29 is 38.5 Å². The van der Waals surface area contributed by atoms with Crippen LogP contribution in [0.25, 0.3) is 0 Å². The zero-order valence-corrected chi connectivity index (χ0v) is 20.6. The Morgan fingerprint density at radius 3 is 2.17 bits per heavy atom. The van der Waals surface area contributed by atoms with Gasteiger partial charge in [0.05, 0.1) is 40.3 Å². The number of hydrogen-bond donors (Lipinski definition) is 2. The number of rotatable bonds is 20. The summed E-state index contributed by atoms with van der Waals surface area (Å²) in [5.41, 5.74) is 0. The molecule has 3 atom stereocenters. The van der Waals surface area contributed by atoms with E-state index in [0.717, 1.165) is 38.7 Å². The van der Waals surface area contributed by atoms with Gasteiger partial charge in [-0.15, -0.1) is 0 Å². The second-order valence-electron chi connectivity index (χ2n) is 8.81. The van der Waals surface area contributed by atoms with Crippen LogP contribution in [0.5, 0.6) is 0 Å². The van der Waals surface area contributed by atoms with E-state index < -0.39 is 20.7 Å². The first-order valence-corrected chi connectivity index (χ1v) is 12.2. The van der Waals surface area contributed by atoms with Crippen LogP contribution in [0.15, 0.2) is 0 Å². The fourth-order valence-corrected chi connectivity index (χ4v) is 3.77. The van der Waals surface area contributed by atoms with Gasteiger partial charge in [0, 0.05) is 6.61 Å². The van der Waals surface area contributed by atoms with Gasteiger partial charge >= 0.3 is 14.6 Å². The lowest BCUT2D eigenvalue weighted by atomic mass is 10.1. The van der Waals surface area contributed by atoms with Crippen molar-refractivity contribution in [2.45, 2.75) is 90.3 Å². The van der Waals surface area contributed by atoms with Gasteiger partial charge in [-0.3, -0.25) is 4.79 Å². The summed E-state index contributed by atoms with van der Waals surface area (Å²) < 4.78 is 17.2. The number of carboxylic acids is 1. The van der Waals surface area contributed by atoms with Gasteiger partial charge < -0.3 is 33.7 Å². The van der Waals surface area contributed by atoms with E-state index in [0.29, 0.717) is 23.7 Å². The lowest BCUT2D eigenvalue weighted by Crippen LogP contribution is -2.42. The lowest BCUT2D eigenvalue weighted by molar-refractivity contribution is -0.873. The van der Waals surface area contributed by atoms with E-state index in [1.54, 1.807) is 0 Å². The second kappa shape index (κ2) is 19.4. The molecule has 0 aromatic rings. The third kappa shape index (κ3) is 22.3. The molecule has 0 bridgehead atoms. The molecule has 0 aromatic carbocycles. The first kappa shape index (κ1) is 31.8. The van der Waals surface area contributed by atoms with Crippen molar-refractivity contribution in [3.63, 3.8) is 0 Å². The molecule has 3 N–H and O–H groups in total. The van der Waals surface area contributed by atoms with Crippen molar-refractivity contribution in [3.8, 4) is 0 Å². The molecule has 0 heterocycles. The second-order valence-corrected chi connectivity index (χ2v) is 9.76. The number of nitrogens with zero attached hydrogens (tertiary/aromatic N) is 1. The summed E-state index contributed by atoms with van der Waals surface area (Å²) in [7, 11) is 3.82. The summed E-state index contributed by atoms with van der Waals surface area (Å²) in [5, 5.41) is 9.00. The first-order chi connectivity index (χ1) is 13.6. The molecular weight excluding hydrogens is 409 g/mol. The van der Waals surface area contributed by atoms with Crippen LogP contribution >= 0.6 is 8.60 Å². The SMILES string of the molecule is CCCCCCC(C)OCCCCCCOP(O)O[C@H](CC(=O)O)C[N+](C)(C)C.[OH-]. The van der Waals surface area contributed by atoms with Gasteiger partial charge in [0.25, 0.3) is 0 Å². The molecular formula is C21H46NO7P. The van der Waals surface area contributed by atoms with Gasteiger partial charge in [0.2, 0.25) is 0 Å². The van der Waals surface area contributed by atoms with Crippen molar-refractivity contribution in [1.29, 1.82) is 0 Å². The molecule has 0 radical (unpaired) electrons. The Morgan fingerprint density at radius 1 is 1.00 bits per heavy atom. The molecule has 30 heavy (non-hydrogen) atoms. The first-order valence-electron chi connectivity index (χ1n) is 11.1. The number of ether oxygens (including phenoxy) is 1. The minimum Gasteiger partial charge on any atom is -0.870 e. The standard InChI is InChI=1S/C21H44NO6P.H2O/c1-6-7-8-11-14-19(2)26-15-12-9-10-13-16-27-29(25)28-20(17-21(23)24)18-22(3,4)5;/h19-20,25H,6-18H2,1-5H3;1H2/t19?,20-,29?;/m1./s1. The predicted molar refractivity (Wildman–Crippen MR) is 120 cm³/mol. The summed E-state index contributed by atoms with van der Waals surface area (Å²) in [6.45, 7) is 6.09. The average molecular weight is 456 g/mol. The third-order valence-corrected chi connectivity index (χ3v) is 5.38. The smallest absolute Gasteiger partial charge is 0.330 e. The maximum Gasteiger partial charge on any atom is 0.330 e. The number of aliphatic carboxylic acids is 1. The van der Waals surface area contributed by atoms with Crippen LogP contribution in [-0.2, 0) is 18.6 Å². The Balaban J connectivity index is 0. The number of unbranched alkanes of at least 4 members (excludes halogenated alkanes) is 6. The van der Waals surface area contributed by atoms with E-state index in [4.69, 9.17) is 18.9 Å². The van der Waals surface area contributed by atoms with Crippen molar-refractivity contribution in [3.05, 3.63) is 0 Å². The molecule has 8 nitrogen and oxygen atoms in total. The Kier molecular flexibility index (Phi) is 20.5. The zero-order valence-electron chi connectivity index (χ0n) is 19.7. The fraction of sp³-hybridized carbons (Fsp3) is 0.952. The minimum absolute atomic E-state index is 0.